The Morgan fingerprint density at radius 3 is 2.88 bits per heavy atom. The van der Waals surface area contributed by atoms with Crippen molar-refractivity contribution in [1.82, 2.24) is 0 Å². The van der Waals surface area contributed by atoms with Gasteiger partial charge in [-0.05, 0) is 37.0 Å². The number of aliphatic hydroxyl groups is 1. The summed E-state index contributed by atoms with van der Waals surface area (Å²) in [6.07, 6.45) is 1.85. The highest BCUT2D eigenvalue weighted by atomic mass is 79.9. The van der Waals surface area contributed by atoms with E-state index in [1.165, 1.54) is 12.8 Å². The molecule has 0 amide bonds. The molecule has 1 aromatic rings. The van der Waals surface area contributed by atoms with Crippen molar-refractivity contribution in [2.75, 3.05) is 13.2 Å². The standard InChI is InChI=1S/C12H16BrNO2/c13-9-3-4-12(16-7-8-1-2-8)10(5-9)11(15)6-14/h3-5,8,11,15H,1-2,6-7,14H2. The van der Waals surface area contributed by atoms with Crippen molar-refractivity contribution in [3.63, 3.8) is 0 Å². The molecule has 1 unspecified atom stereocenters. The van der Waals surface area contributed by atoms with Crippen molar-refractivity contribution in [2.45, 2.75) is 18.9 Å². The van der Waals surface area contributed by atoms with Crippen LogP contribution < -0.4 is 10.5 Å². The number of rotatable bonds is 5. The largest absolute Gasteiger partial charge is 0.493 e. The minimum absolute atomic E-state index is 0.205. The van der Waals surface area contributed by atoms with Gasteiger partial charge in [-0.2, -0.15) is 0 Å². The lowest BCUT2D eigenvalue weighted by Crippen LogP contribution is -2.13. The number of halogens is 1. The van der Waals surface area contributed by atoms with Gasteiger partial charge in [0, 0.05) is 16.6 Å². The van der Waals surface area contributed by atoms with Crippen LogP contribution in [0, 0.1) is 5.92 Å². The predicted octanol–water partition coefficient (Wildman–Crippen LogP) is 2.23. The number of benzene rings is 1. The van der Waals surface area contributed by atoms with Crippen LogP contribution in [0.1, 0.15) is 24.5 Å². The van der Waals surface area contributed by atoms with Gasteiger partial charge in [0.1, 0.15) is 5.75 Å². The molecule has 4 heteroatoms. The predicted molar refractivity (Wildman–Crippen MR) is 66.4 cm³/mol. The summed E-state index contributed by atoms with van der Waals surface area (Å²) in [5.41, 5.74) is 6.23. The highest BCUT2D eigenvalue weighted by Crippen LogP contribution is 2.32. The first-order valence-corrected chi connectivity index (χ1v) is 6.30. The second-order valence-corrected chi connectivity index (χ2v) is 5.10. The van der Waals surface area contributed by atoms with E-state index < -0.39 is 6.10 Å². The molecule has 3 nitrogen and oxygen atoms in total. The lowest BCUT2D eigenvalue weighted by Gasteiger charge is -2.15. The lowest BCUT2D eigenvalue weighted by atomic mass is 10.1. The normalized spacial score (nSPS) is 17.2. The van der Waals surface area contributed by atoms with Crippen LogP contribution in [-0.2, 0) is 0 Å². The molecule has 0 aromatic heterocycles. The zero-order valence-corrected chi connectivity index (χ0v) is 10.6. The smallest absolute Gasteiger partial charge is 0.125 e. The summed E-state index contributed by atoms with van der Waals surface area (Å²) in [5.74, 6) is 1.44. The molecule has 2 rings (SSSR count). The molecule has 0 bridgehead atoms. The van der Waals surface area contributed by atoms with E-state index in [1.54, 1.807) is 0 Å². The first-order valence-electron chi connectivity index (χ1n) is 5.51. The fraction of sp³-hybridized carbons (Fsp3) is 0.500. The number of hydrogen-bond acceptors (Lipinski definition) is 3. The summed E-state index contributed by atoms with van der Waals surface area (Å²) >= 11 is 3.38. The van der Waals surface area contributed by atoms with Gasteiger partial charge in [0.25, 0.3) is 0 Å². The Bertz CT molecular complexity index is 366. The fourth-order valence-corrected chi connectivity index (χ4v) is 1.91. The van der Waals surface area contributed by atoms with Crippen molar-refractivity contribution in [2.24, 2.45) is 11.7 Å². The molecule has 3 N–H and O–H groups in total. The molecule has 16 heavy (non-hydrogen) atoms. The van der Waals surface area contributed by atoms with Crippen molar-refractivity contribution in [3.05, 3.63) is 28.2 Å². The minimum atomic E-state index is -0.660. The van der Waals surface area contributed by atoms with Crippen molar-refractivity contribution < 1.29 is 9.84 Å². The molecular weight excluding hydrogens is 270 g/mol. The van der Waals surface area contributed by atoms with E-state index in [1.807, 2.05) is 18.2 Å². The summed E-state index contributed by atoms with van der Waals surface area (Å²) in [4.78, 5) is 0. The van der Waals surface area contributed by atoms with E-state index in [0.29, 0.717) is 5.92 Å². The van der Waals surface area contributed by atoms with Gasteiger partial charge in [0.05, 0.1) is 12.7 Å². The van der Waals surface area contributed by atoms with E-state index in [4.69, 9.17) is 10.5 Å². The highest BCUT2D eigenvalue weighted by molar-refractivity contribution is 9.10. The second-order valence-electron chi connectivity index (χ2n) is 4.19. The second kappa shape index (κ2) is 5.17. The third-order valence-corrected chi connectivity index (χ3v) is 3.22. The van der Waals surface area contributed by atoms with Crippen LogP contribution in [0.25, 0.3) is 0 Å². The molecule has 1 aromatic carbocycles. The molecular formula is C12H16BrNO2. The van der Waals surface area contributed by atoms with E-state index >= 15 is 0 Å². The Morgan fingerprint density at radius 1 is 1.50 bits per heavy atom. The highest BCUT2D eigenvalue weighted by Gasteiger charge is 2.23. The number of aliphatic hydroxyl groups excluding tert-OH is 1. The van der Waals surface area contributed by atoms with Crippen LogP contribution in [0.4, 0.5) is 0 Å². The van der Waals surface area contributed by atoms with Crippen LogP contribution in [0.5, 0.6) is 5.75 Å². The Morgan fingerprint density at radius 2 is 2.25 bits per heavy atom. The Balaban J connectivity index is 2.13. The van der Waals surface area contributed by atoms with E-state index in [-0.39, 0.29) is 6.54 Å². The SMILES string of the molecule is NCC(O)c1cc(Br)ccc1OCC1CC1. The summed E-state index contributed by atoms with van der Waals surface area (Å²) in [7, 11) is 0. The van der Waals surface area contributed by atoms with Gasteiger partial charge in [0.2, 0.25) is 0 Å². The molecule has 1 aliphatic carbocycles. The molecule has 0 spiro atoms. The van der Waals surface area contributed by atoms with Crippen LogP contribution in [0.15, 0.2) is 22.7 Å². The number of ether oxygens (including phenoxy) is 1. The minimum Gasteiger partial charge on any atom is -0.493 e. The lowest BCUT2D eigenvalue weighted by molar-refractivity contribution is 0.178. The molecule has 1 atom stereocenters. The van der Waals surface area contributed by atoms with Crippen LogP contribution in [0.2, 0.25) is 0 Å². The molecule has 0 saturated heterocycles. The van der Waals surface area contributed by atoms with Gasteiger partial charge in [-0.25, -0.2) is 0 Å². The summed E-state index contributed by atoms with van der Waals surface area (Å²) in [6.45, 7) is 0.947. The molecule has 1 saturated carbocycles. The molecule has 0 aliphatic heterocycles. The fourth-order valence-electron chi connectivity index (χ4n) is 1.53. The average molecular weight is 286 g/mol. The van der Waals surface area contributed by atoms with Gasteiger partial charge < -0.3 is 15.6 Å². The van der Waals surface area contributed by atoms with Gasteiger partial charge in [-0.1, -0.05) is 15.9 Å². The van der Waals surface area contributed by atoms with Gasteiger partial charge in [-0.15, -0.1) is 0 Å². The van der Waals surface area contributed by atoms with Gasteiger partial charge in [0.15, 0.2) is 0 Å². The average Bonchev–Trinajstić information content (AvgIpc) is 3.10. The number of hydrogen-bond donors (Lipinski definition) is 2. The van der Waals surface area contributed by atoms with Crippen molar-refractivity contribution >= 4 is 15.9 Å². The Kier molecular flexibility index (Phi) is 3.84. The Labute approximate surface area is 104 Å². The maximum absolute atomic E-state index is 9.79. The molecule has 0 radical (unpaired) electrons. The zero-order chi connectivity index (χ0) is 11.5. The maximum atomic E-state index is 9.79. The topological polar surface area (TPSA) is 55.5 Å². The third-order valence-electron chi connectivity index (χ3n) is 2.73. The first kappa shape index (κ1) is 11.9. The summed E-state index contributed by atoms with van der Waals surface area (Å²) < 4.78 is 6.63. The quantitative estimate of drug-likeness (QED) is 0.872. The summed E-state index contributed by atoms with van der Waals surface area (Å²) in [5, 5.41) is 9.79. The van der Waals surface area contributed by atoms with E-state index in [0.717, 1.165) is 22.4 Å². The summed E-state index contributed by atoms with van der Waals surface area (Å²) in [6, 6.07) is 5.65. The van der Waals surface area contributed by atoms with E-state index in [9.17, 15) is 5.11 Å². The third kappa shape index (κ3) is 2.97. The first-order chi connectivity index (χ1) is 7.70. The van der Waals surface area contributed by atoms with Gasteiger partial charge >= 0.3 is 0 Å². The monoisotopic (exact) mass is 285 g/mol. The molecule has 1 fully saturated rings. The number of nitrogens with two attached hydrogens (primary N) is 1. The van der Waals surface area contributed by atoms with Crippen LogP contribution >= 0.6 is 15.9 Å². The van der Waals surface area contributed by atoms with Crippen molar-refractivity contribution in [1.29, 1.82) is 0 Å². The van der Waals surface area contributed by atoms with Gasteiger partial charge in [-0.3, -0.25) is 0 Å². The zero-order valence-electron chi connectivity index (χ0n) is 9.03. The van der Waals surface area contributed by atoms with E-state index in [2.05, 4.69) is 15.9 Å². The maximum Gasteiger partial charge on any atom is 0.125 e. The molecule has 1 aliphatic rings. The van der Waals surface area contributed by atoms with Crippen molar-refractivity contribution in [3.8, 4) is 5.75 Å². The molecule has 88 valence electrons. The van der Waals surface area contributed by atoms with Crippen LogP contribution in [-0.4, -0.2) is 18.3 Å². The Hall–Kier alpha value is -0.580. The molecule has 0 heterocycles. The van der Waals surface area contributed by atoms with Crippen LogP contribution in [0.3, 0.4) is 0 Å².